The molecular weight excluding hydrogens is 226 g/mol. The lowest BCUT2D eigenvalue weighted by Crippen LogP contribution is -2.23. The number of carbonyl (C=O) groups excluding carboxylic acids is 1. The number of nitrogens with zero attached hydrogens (tertiary/aromatic N) is 2. The minimum atomic E-state index is -0.0347. The summed E-state index contributed by atoms with van der Waals surface area (Å²) in [6.07, 6.45) is 1.63. The van der Waals surface area contributed by atoms with E-state index in [4.69, 9.17) is 5.73 Å². The highest BCUT2D eigenvalue weighted by Crippen LogP contribution is 2.18. The van der Waals surface area contributed by atoms with Crippen LogP contribution in [0.4, 0.5) is 0 Å². The fourth-order valence-corrected chi connectivity index (χ4v) is 2.11. The average molecular weight is 245 g/mol. The van der Waals surface area contributed by atoms with Gasteiger partial charge in [-0.15, -0.1) is 0 Å². The minimum Gasteiger partial charge on any atom is -0.327 e. The first-order valence-electron chi connectivity index (χ1n) is 6.29. The average Bonchev–Trinajstić information content (AvgIpc) is 2.67. The van der Waals surface area contributed by atoms with Crippen LogP contribution in [0.1, 0.15) is 25.5 Å². The molecule has 1 atom stereocenters. The SMILES string of the molecule is CCC(N)CC(=O)Cc1nn(C)c2ccccc12. The van der Waals surface area contributed by atoms with Crippen molar-refractivity contribution in [3.8, 4) is 0 Å². The Morgan fingerprint density at radius 2 is 2.17 bits per heavy atom. The van der Waals surface area contributed by atoms with Crippen LogP contribution in [-0.2, 0) is 18.3 Å². The van der Waals surface area contributed by atoms with Gasteiger partial charge in [-0.05, 0) is 12.5 Å². The zero-order chi connectivity index (χ0) is 13.1. The maximum Gasteiger partial charge on any atom is 0.140 e. The molecule has 0 spiro atoms. The van der Waals surface area contributed by atoms with Crippen molar-refractivity contribution in [1.29, 1.82) is 0 Å². The van der Waals surface area contributed by atoms with Crippen LogP contribution in [0.3, 0.4) is 0 Å². The van der Waals surface area contributed by atoms with Crippen LogP contribution in [0.5, 0.6) is 0 Å². The van der Waals surface area contributed by atoms with E-state index in [0.717, 1.165) is 23.0 Å². The molecule has 2 rings (SSSR count). The number of rotatable bonds is 5. The smallest absolute Gasteiger partial charge is 0.140 e. The van der Waals surface area contributed by atoms with Crippen LogP contribution < -0.4 is 5.73 Å². The number of hydrogen-bond acceptors (Lipinski definition) is 3. The summed E-state index contributed by atoms with van der Waals surface area (Å²) in [5, 5.41) is 5.47. The molecule has 2 N–H and O–H groups in total. The molecule has 0 saturated heterocycles. The van der Waals surface area contributed by atoms with Crippen molar-refractivity contribution in [3.05, 3.63) is 30.0 Å². The maximum absolute atomic E-state index is 11.9. The van der Waals surface area contributed by atoms with Crippen molar-refractivity contribution >= 4 is 16.7 Å². The molecule has 0 saturated carbocycles. The lowest BCUT2D eigenvalue weighted by atomic mass is 10.0. The number of aryl methyl sites for hydroxylation is 1. The van der Waals surface area contributed by atoms with E-state index in [1.165, 1.54) is 0 Å². The topological polar surface area (TPSA) is 60.9 Å². The fraction of sp³-hybridized carbons (Fsp3) is 0.429. The lowest BCUT2D eigenvalue weighted by Gasteiger charge is -2.06. The molecule has 0 radical (unpaired) electrons. The van der Waals surface area contributed by atoms with Crippen LogP contribution in [0.25, 0.3) is 10.9 Å². The van der Waals surface area contributed by atoms with Crippen molar-refractivity contribution in [1.82, 2.24) is 9.78 Å². The molecule has 0 aliphatic rings. The quantitative estimate of drug-likeness (QED) is 0.874. The Morgan fingerprint density at radius 1 is 1.44 bits per heavy atom. The van der Waals surface area contributed by atoms with Gasteiger partial charge in [0.15, 0.2) is 0 Å². The van der Waals surface area contributed by atoms with E-state index in [9.17, 15) is 4.79 Å². The summed E-state index contributed by atoms with van der Waals surface area (Å²) in [6, 6.07) is 7.92. The Balaban J connectivity index is 2.19. The second-order valence-corrected chi connectivity index (χ2v) is 4.68. The summed E-state index contributed by atoms with van der Waals surface area (Å²) in [7, 11) is 1.90. The van der Waals surface area contributed by atoms with Crippen molar-refractivity contribution in [2.24, 2.45) is 12.8 Å². The van der Waals surface area contributed by atoms with Crippen LogP contribution in [-0.4, -0.2) is 21.6 Å². The van der Waals surface area contributed by atoms with Crippen LogP contribution in [0.15, 0.2) is 24.3 Å². The molecule has 0 bridgehead atoms. The van der Waals surface area contributed by atoms with Gasteiger partial charge in [-0.2, -0.15) is 5.10 Å². The number of carbonyl (C=O) groups is 1. The normalized spacial score (nSPS) is 12.8. The zero-order valence-electron chi connectivity index (χ0n) is 10.9. The van der Waals surface area contributed by atoms with E-state index in [2.05, 4.69) is 5.10 Å². The Kier molecular flexibility index (Phi) is 3.77. The van der Waals surface area contributed by atoms with E-state index in [-0.39, 0.29) is 11.8 Å². The first-order chi connectivity index (χ1) is 8.61. The fourth-order valence-electron chi connectivity index (χ4n) is 2.11. The molecule has 1 heterocycles. The van der Waals surface area contributed by atoms with Crippen molar-refractivity contribution < 1.29 is 4.79 Å². The summed E-state index contributed by atoms with van der Waals surface area (Å²) < 4.78 is 1.82. The molecule has 4 nitrogen and oxygen atoms in total. The minimum absolute atomic E-state index is 0.0347. The third-order valence-electron chi connectivity index (χ3n) is 3.21. The summed E-state index contributed by atoms with van der Waals surface area (Å²) in [4.78, 5) is 11.9. The number of nitrogens with two attached hydrogens (primary N) is 1. The van der Waals surface area contributed by atoms with Gasteiger partial charge in [0.2, 0.25) is 0 Å². The Labute approximate surface area is 107 Å². The molecule has 0 amide bonds. The van der Waals surface area contributed by atoms with Crippen LogP contribution in [0, 0.1) is 0 Å². The molecule has 18 heavy (non-hydrogen) atoms. The summed E-state index contributed by atoms with van der Waals surface area (Å²) in [5.41, 5.74) is 7.70. The van der Waals surface area contributed by atoms with Gasteiger partial charge >= 0.3 is 0 Å². The monoisotopic (exact) mass is 245 g/mol. The molecule has 0 aliphatic carbocycles. The highest BCUT2D eigenvalue weighted by molar-refractivity contribution is 5.88. The second kappa shape index (κ2) is 5.31. The molecule has 0 aliphatic heterocycles. The lowest BCUT2D eigenvalue weighted by molar-refractivity contribution is -0.118. The zero-order valence-corrected chi connectivity index (χ0v) is 10.9. The van der Waals surface area contributed by atoms with Gasteiger partial charge in [-0.3, -0.25) is 9.48 Å². The second-order valence-electron chi connectivity index (χ2n) is 4.68. The number of aromatic nitrogens is 2. The summed E-state index contributed by atoms with van der Waals surface area (Å²) >= 11 is 0. The predicted octanol–water partition coefficient (Wildman–Crippen LogP) is 1.81. The molecule has 2 aromatic rings. The number of Topliss-reactive ketones (excluding diaryl/α,β-unsaturated/α-hetero) is 1. The standard InChI is InChI=1S/C14H19N3O/c1-3-10(15)8-11(18)9-13-12-6-4-5-7-14(12)17(2)16-13/h4-7,10H,3,8-9,15H2,1-2H3. The van der Waals surface area contributed by atoms with E-state index in [1.807, 2.05) is 42.9 Å². The van der Waals surface area contributed by atoms with Crippen molar-refractivity contribution in [2.45, 2.75) is 32.2 Å². The van der Waals surface area contributed by atoms with E-state index in [1.54, 1.807) is 0 Å². The molecular formula is C14H19N3O. The molecule has 4 heteroatoms. The molecule has 1 unspecified atom stereocenters. The van der Waals surface area contributed by atoms with Crippen LogP contribution >= 0.6 is 0 Å². The first-order valence-corrected chi connectivity index (χ1v) is 6.29. The molecule has 1 aromatic carbocycles. The van der Waals surface area contributed by atoms with Gasteiger partial charge in [0.05, 0.1) is 17.6 Å². The van der Waals surface area contributed by atoms with Gasteiger partial charge < -0.3 is 5.73 Å². The number of benzene rings is 1. The highest BCUT2D eigenvalue weighted by Gasteiger charge is 2.13. The third kappa shape index (κ3) is 2.59. The van der Waals surface area contributed by atoms with E-state index >= 15 is 0 Å². The van der Waals surface area contributed by atoms with Gasteiger partial charge in [-0.25, -0.2) is 0 Å². The number of hydrogen-bond donors (Lipinski definition) is 1. The van der Waals surface area contributed by atoms with Crippen molar-refractivity contribution in [3.63, 3.8) is 0 Å². The molecule has 1 aromatic heterocycles. The van der Waals surface area contributed by atoms with Gasteiger partial charge in [-0.1, -0.05) is 25.1 Å². The third-order valence-corrected chi connectivity index (χ3v) is 3.21. The van der Waals surface area contributed by atoms with Gasteiger partial charge in [0.25, 0.3) is 0 Å². The van der Waals surface area contributed by atoms with Crippen LogP contribution in [0.2, 0.25) is 0 Å². The summed E-state index contributed by atoms with van der Waals surface area (Å²) in [6.45, 7) is 1.99. The van der Waals surface area contributed by atoms with E-state index < -0.39 is 0 Å². The number of para-hydroxylation sites is 1. The number of ketones is 1. The Morgan fingerprint density at radius 3 is 2.89 bits per heavy atom. The summed E-state index contributed by atoms with van der Waals surface area (Å²) in [5.74, 6) is 0.160. The first kappa shape index (κ1) is 12.8. The van der Waals surface area contributed by atoms with Crippen molar-refractivity contribution in [2.75, 3.05) is 0 Å². The Bertz CT molecular complexity index is 559. The largest absolute Gasteiger partial charge is 0.327 e. The molecule has 96 valence electrons. The highest BCUT2D eigenvalue weighted by atomic mass is 16.1. The maximum atomic E-state index is 11.9. The number of fused-ring (bicyclic) bond motifs is 1. The predicted molar refractivity (Wildman–Crippen MR) is 72.3 cm³/mol. The van der Waals surface area contributed by atoms with Gasteiger partial charge in [0.1, 0.15) is 5.78 Å². The van der Waals surface area contributed by atoms with Gasteiger partial charge in [0, 0.05) is 24.9 Å². The molecule has 0 fully saturated rings. The Hall–Kier alpha value is -1.68. The van der Waals surface area contributed by atoms with E-state index in [0.29, 0.717) is 12.8 Å².